The maximum Gasteiger partial charge on any atom is 0.221 e. The van der Waals surface area contributed by atoms with E-state index >= 15 is 0 Å². The minimum atomic E-state index is -0.0959. The molecular formula is C23H21ClN2O2. The van der Waals surface area contributed by atoms with Gasteiger partial charge in [-0.05, 0) is 41.5 Å². The number of amides is 1. The molecule has 0 saturated carbocycles. The third-order valence-corrected chi connectivity index (χ3v) is 5.22. The van der Waals surface area contributed by atoms with Crippen LogP contribution in [0.2, 0.25) is 5.02 Å². The number of hydrogen-bond acceptors (Lipinski definition) is 2. The summed E-state index contributed by atoms with van der Waals surface area (Å²) in [6.45, 7) is 0.379. The highest BCUT2D eigenvalue weighted by Gasteiger charge is 2.22. The highest BCUT2D eigenvalue weighted by atomic mass is 35.5. The van der Waals surface area contributed by atoms with Gasteiger partial charge in [-0.3, -0.25) is 4.79 Å². The predicted octanol–water partition coefficient (Wildman–Crippen LogP) is 5.26. The molecule has 4 nitrogen and oxygen atoms in total. The molecular weight excluding hydrogens is 372 g/mol. The molecule has 2 heterocycles. The normalized spacial score (nSPS) is 12.2. The molecule has 0 aliphatic heterocycles. The Morgan fingerprint density at radius 1 is 1.14 bits per heavy atom. The molecule has 0 fully saturated rings. The van der Waals surface area contributed by atoms with Gasteiger partial charge >= 0.3 is 0 Å². The van der Waals surface area contributed by atoms with Crippen LogP contribution in [0.1, 0.15) is 29.2 Å². The Bertz CT molecular complexity index is 1100. The van der Waals surface area contributed by atoms with Crippen LogP contribution in [-0.4, -0.2) is 10.5 Å². The van der Waals surface area contributed by atoms with Gasteiger partial charge in [0, 0.05) is 41.5 Å². The maximum atomic E-state index is 12.7. The number of fused-ring (bicyclic) bond motifs is 1. The minimum Gasteiger partial charge on any atom is -0.467 e. The van der Waals surface area contributed by atoms with Gasteiger partial charge in [0.25, 0.3) is 0 Å². The number of para-hydroxylation sites is 1. The Hall–Kier alpha value is -2.98. The van der Waals surface area contributed by atoms with Crippen molar-refractivity contribution >= 4 is 28.4 Å². The fourth-order valence-corrected chi connectivity index (χ4v) is 3.84. The molecule has 28 heavy (non-hydrogen) atoms. The van der Waals surface area contributed by atoms with Crippen molar-refractivity contribution in [3.05, 3.63) is 95.0 Å². The molecule has 1 atom stereocenters. The van der Waals surface area contributed by atoms with Crippen LogP contribution in [0.4, 0.5) is 0 Å². The second kappa shape index (κ2) is 7.95. The van der Waals surface area contributed by atoms with E-state index in [2.05, 4.69) is 28.2 Å². The van der Waals surface area contributed by atoms with Crippen molar-refractivity contribution in [2.45, 2.75) is 18.9 Å². The molecule has 0 aliphatic carbocycles. The predicted molar refractivity (Wildman–Crippen MR) is 111 cm³/mol. The van der Waals surface area contributed by atoms with E-state index < -0.39 is 0 Å². The number of nitrogens with one attached hydrogen (secondary N) is 1. The summed E-state index contributed by atoms with van der Waals surface area (Å²) < 4.78 is 7.40. The molecule has 2 aromatic heterocycles. The number of hydrogen-bond donors (Lipinski definition) is 1. The van der Waals surface area contributed by atoms with E-state index in [9.17, 15) is 4.79 Å². The SMILES string of the molecule is Cn1cc(C(CC(=O)NCc2ccco2)c2cccc(Cl)c2)c2ccccc21. The summed E-state index contributed by atoms with van der Waals surface area (Å²) in [6.07, 6.45) is 4.04. The molecule has 5 heteroatoms. The molecule has 2 aromatic carbocycles. The van der Waals surface area contributed by atoms with Gasteiger partial charge in [0.1, 0.15) is 5.76 Å². The summed E-state index contributed by atoms with van der Waals surface area (Å²) in [7, 11) is 2.03. The minimum absolute atomic E-state index is 0.0330. The van der Waals surface area contributed by atoms with E-state index in [0.717, 1.165) is 27.8 Å². The first-order valence-electron chi connectivity index (χ1n) is 9.20. The lowest BCUT2D eigenvalue weighted by atomic mass is 9.88. The average Bonchev–Trinajstić information content (AvgIpc) is 3.33. The largest absolute Gasteiger partial charge is 0.467 e. The third kappa shape index (κ3) is 3.82. The fourth-order valence-electron chi connectivity index (χ4n) is 3.64. The Kier molecular flexibility index (Phi) is 5.22. The van der Waals surface area contributed by atoms with E-state index in [1.165, 1.54) is 0 Å². The number of benzene rings is 2. The Morgan fingerprint density at radius 3 is 2.79 bits per heavy atom. The molecule has 4 aromatic rings. The van der Waals surface area contributed by atoms with Crippen molar-refractivity contribution in [2.75, 3.05) is 0 Å². The number of carbonyl (C=O) groups is 1. The lowest BCUT2D eigenvalue weighted by molar-refractivity contribution is -0.121. The lowest BCUT2D eigenvalue weighted by Gasteiger charge is -2.17. The van der Waals surface area contributed by atoms with E-state index in [1.54, 1.807) is 6.26 Å². The van der Waals surface area contributed by atoms with Gasteiger partial charge in [-0.2, -0.15) is 0 Å². The molecule has 0 aliphatic rings. The quantitative estimate of drug-likeness (QED) is 0.486. The summed E-state index contributed by atoms with van der Waals surface area (Å²) >= 11 is 6.25. The van der Waals surface area contributed by atoms with Crippen molar-refractivity contribution in [1.82, 2.24) is 9.88 Å². The van der Waals surface area contributed by atoms with Crippen LogP contribution in [0.5, 0.6) is 0 Å². The summed E-state index contributed by atoms with van der Waals surface area (Å²) in [5, 5.41) is 4.76. The number of aryl methyl sites for hydroxylation is 1. The maximum absolute atomic E-state index is 12.7. The van der Waals surface area contributed by atoms with E-state index in [-0.39, 0.29) is 11.8 Å². The second-order valence-corrected chi connectivity index (χ2v) is 7.32. The van der Waals surface area contributed by atoms with Gasteiger partial charge in [0.05, 0.1) is 12.8 Å². The Balaban J connectivity index is 1.67. The van der Waals surface area contributed by atoms with Gasteiger partial charge in [-0.1, -0.05) is 41.9 Å². The van der Waals surface area contributed by atoms with Crippen LogP contribution in [0.15, 0.2) is 77.5 Å². The third-order valence-electron chi connectivity index (χ3n) is 4.98. The van der Waals surface area contributed by atoms with Gasteiger partial charge < -0.3 is 14.3 Å². The smallest absolute Gasteiger partial charge is 0.221 e. The number of nitrogens with zero attached hydrogens (tertiary/aromatic N) is 1. The van der Waals surface area contributed by atoms with Crippen LogP contribution >= 0.6 is 11.6 Å². The van der Waals surface area contributed by atoms with Crippen LogP contribution in [0, 0.1) is 0 Å². The first-order chi connectivity index (χ1) is 13.6. The first kappa shape index (κ1) is 18.4. The second-order valence-electron chi connectivity index (χ2n) is 6.88. The number of furan rings is 1. The lowest BCUT2D eigenvalue weighted by Crippen LogP contribution is -2.24. The highest BCUT2D eigenvalue weighted by Crippen LogP contribution is 2.35. The zero-order chi connectivity index (χ0) is 19.5. The Morgan fingerprint density at radius 2 is 2.00 bits per heavy atom. The van der Waals surface area contributed by atoms with Crippen molar-refractivity contribution in [2.24, 2.45) is 7.05 Å². The van der Waals surface area contributed by atoms with Crippen LogP contribution in [0.3, 0.4) is 0 Å². The van der Waals surface area contributed by atoms with Crippen molar-refractivity contribution in [3.63, 3.8) is 0 Å². The molecule has 0 bridgehead atoms. The number of aromatic nitrogens is 1. The van der Waals surface area contributed by atoms with Crippen LogP contribution < -0.4 is 5.32 Å². The van der Waals surface area contributed by atoms with Crippen LogP contribution in [0.25, 0.3) is 10.9 Å². The average molecular weight is 393 g/mol. The zero-order valence-electron chi connectivity index (χ0n) is 15.6. The Labute approximate surface area is 168 Å². The molecule has 0 radical (unpaired) electrons. The molecule has 1 unspecified atom stereocenters. The number of carbonyl (C=O) groups excluding carboxylic acids is 1. The standard InChI is InChI=1S/C23H21ClN2O2/c1-26-15-21(19-9-2-3-10-22(19)26)20(16-6-4-7-17(24)12-16)13-23(27)25-14-18-8-5-11-28-18/h2-12,15,20H,13-14H2,1H3,(H,25,27). The van der Waals surface area contributed by atoms with Crippen molar-refractivity contribution in [1.29, 1.82) is 0 Å². The fraction of sp³-hybridized carbons (Fsp3) is 0.174. The first-order valence-corrected chi connectivity index (χ1v) is 9.58. The van der Waals surface area contributed by atoms with Crippen molar-refractivity contribution < 1.29 is 9.21 Å². The summed E-state index contributed by atoms with van der Waals surface area (Å²) in [4.78, 5) is 12.7. The van der Waals surface area contributed by atoms with Gasteiger partial charge in [-0.25, -0.2) is 0 Å². The van der Waals surface area contributed by atoms with E-state index in [4.69, 9.17) is 16.0 Å². The zero-order valence-corrected chi connectivity index (χ0v) is 16.3. The van der Waals surface area contributed by atoms with E-state index in [1.807, 2.05) is 55.6 Å². The van der Waals surface area contributed by atoms with Gasteiger partial charge in [-0.15, -0.1) is 0 Å². The van der Waals surface area contributed by atoms with Gasteiger partial charge in [0.2, 0.25) is 5.91 Å². The molecule has 1 N–H and O–H groups in total. The number of halogens is 1. The van der Waals surface area contributed by atoms with Crippen LogP contribution in [-0.2, 0) is 18.4 Å². The molecule has 4 rings (SSSR count). The molecule has 0 spiro atoms. The topological polar surface area (TPSA) is 47.2 Å². The van der Waals surface area contributed by atoms with Crippen molar-refractivity contribution in [3.8, 4) is 0 Å². The number of rotatable bonds is 6. The molecule has 1 amide bonds. The van der Waals surface area contributed by atoms with Gasteiger partial charge in [0.15, 0.2) is 0 Å². The molecule has 142 valence electrons. The van der Waals surface area contributed by atoms with E-state index in [0.29, 0.717) is 18.0 Å². The highest BCUT2D eigenvalue weighted by molar-refractivity contribution is 6.30. The monoisotopic (exact) mass is 392 g/mol. The summed E-state index contributed by atoms with van der Waals surface area (Å²) in [5.41, 5.74) is 3.28. The summed E-state index contributed by atoms with van der Waals surface area (Å²) in [6, 6.07) is 19.6. The summed E-state index contributed by atoms with van der Waals surface area (Å²) in [5.74, 6) is 0.605. The molecule has 0 saturated heterocycles.